The van der Waals surface area contributed by atoms with Crippen molar-refractivity contribution in [3.8, 4) is 24.8 Å². The minimum absolute atomic E-state index is 0. The Morgan fingerprint density at radius 2 is 0.414 bits per heavy atom. The van der Waals surface area contributed by atoms with Crippen LogP contribution in [0.3, 0.4) is 0 Å². The van der Waals surface area contributed by atoms with E-state index in [1.54, 1.807) is 100 Å². The summed E-state index contributed by atoms with van der Waals surface area (Å²) in [5.74, 6) is 0. The van der Waals surface area contributed by atoms with Crippen LogP contribution in [0.4, 0.5) is 0 Å². The zero-order chi connectivity index (χ0) is 51.7. The van der Waals surface area contributed by atoms with Gasteiger partial charge in [0.15, 0.2) is 0 Å². The number of nitrogens with zero attached hydrogens (tertiary/aromatic N) is 20. The van der Waals surface area contributed by atoms with E-state index in [2.05, 4.69) is 99.7 Å². The average Bonchev–Trinajstić information content (AvgIpc) is 4.15. The first-order valence-corrected chi connectivity index (χ1v) is 18.3. The third kappa shape index (κ3) is 64.8. The molecule has 0 radical (unpaired) electrons. The van der Waals surface area contributed by atoms with Gasteiger partial charge >= 0.3 is 33.0 Å². The predicted octanol–water partition coefficient (Wildman–Crippen LogP) is 6.58. The SMILES string of the molecule is Cc1cnc[nH]1.Cc1cnc[nH]1.Cc1cnc[nH]1.Cc1cnc[nH]1.Cc1cnc[nH]1.Cc1cnc[nH]1.Cc1cnc[nH]1.Cc1cnc[nH]1.N#CN=C=[N-].N#CN=C=[N-].N#CN=C=[N-].N#CN=C=[N-].[Ni+2].[Ni+2]. The molecule has 0 unspecified atom stereocenters. The van der Waals surface area contributed by atoms with Crippen LogP contribution in [0.2, 0.25) is 0 Å². The molecule has 0 atom stereocenters. The van der Waals surface area contributed by atoms with E-state index in [1.165, 1.54) is 48.8 Å². The van der Waals surface area contributed by atoms with Crippen LogP contribution in [0.1, 0.15) is 45.6 Å². The van der Waals surface area contributed by atoms with E-state index in [9.17, 15) is 0 Å². The summed E-state index contributed by atoms with van der Waals surface area (Å²) in [6.45, 7) is 15.7. The molecule has 0 saturated heterocycles. The molecule has 8 N–H and O–H groups in total. The smallest absolute Gasteiger partial charge is 0.422 e. The van der Waals surface area contributed by atoms with E-state index < -0.39 is 0 Å². The molecule has 0 saturated carbocycles. The fraction of sp³-hybridized carbons (Fsp3) is 0.200. The first kappa shape index (κ1) is 71.8. The van der Waals surface area contributed by atoms with Gasteiger partial charge in [-0.05, 0) is 55.4 Å². The normalized spacial score (nSPS) is 7.14. The number of aromatic amines is 8. The standard InChI is InChI=1S/8C4H6N2.4C2N3.2Ni/c8*1-4-2-5-3-6-4;4*3-1-5-2-4;;/h8*2-3H,1H3,(H,5,6);;;;;;/q;;;;;;;;4*-1;2*+2. The summed E-state index contributed by atoms with van der Waals surface area (Å²) in [4.78, 5) is 63.6. The van der Waals surface area contributed by atoms with Crippen molar-refractivity contribution in [2.24, 2.45) is 20.0 Å². The van der Waals surface area contributed by atoms with E-state index in [0.717, 1.165) is 45.6 Å². The number of nitrogens with one attached hydrogen (secondary N) is 8. The van der Waals surface area contributed by atoms with Gasteiger partial charge < -0.3 is 81.5 Å². The first-order valence-electron chi connectivity index (χ1n) is 18.3. The van der Waals surface area contributed by atoms with Crippen molar-refractivity contribution < 1.29 is 33.0 Å². The molecule has 70 heavy (non-hydrogen) atoms. The van der Waals surface area contributed by atoms with Crippen molar-refractivity contribution in [1.29, 1.82) is 21.0 Å². The third-order valence-corrected chi connectivity index (χ3v) is 5.48. The molecule has 0 aliphatic rings. The number of imidazole rings is 8. The zero-order valence-electron chi connectivity index (χ0n) is 38.8. The predicted molar refractivity (Wildman–Crippen MR) is 252 cm³/mol. The topological polar surface area (TPSA) is 463 Å². The second kappa shape index (κ2) is 59.1. The molecule has 0 bridgehead atoms. The third-order valence-electron chi connectivity index (χ3n) is 5.48. The number of nitriles is 4. The maximum atomic E-state index is 7.43. The van der Waals surface area contributed by atoms with Crippen LogP contribution in [-0.4, -0.2) is 104 Å². The summed E-state index contributed by atoms with van der Waals surface area (Å²) in [6, 6.07) is 5.12. The Morgan fingerprint density at radius 1 is 0.300 bits per heavy atom. The molecule has 0 aliphatic carbocycles. The molecule has 368 valence electrons. The molecule has 0 amide bonds. The fourth-order valence-corrected chi connectivity index (χ4v) is 2.69. The second-order valence-corrected chi connectivity index (χ2v) is 11.1. The van der Waals surface area contributed by atoms with E-state index in [4.69, 9.17) is 42.7 Å². The van der Waals surface area contributed by atoms with E-state index >= 15 is 0 Å². The van der Waals surface area contributed by atoms with Gasteiger partial charge in [-0.3, -0.25) is 0 Å². The average molecular weight is 1040 g/mol. The number of aromatic nitrogens is 16. The zero-order valence-corrected chi connectivity index (χ0v) is 40.8. The Balaban J connectivity index is -0.000000159. The molecule has 0 aliphatic heterocycles. The first-order chi connectivity index (χ1) is 32.8. The van der Waals surface area contributed by atoms with Crippen molar-refractivity contribution in [1.82, 2.24) is 79.7 Å². The molecule has 30 heteroatoms. The van der Waals surface area contributed by atoms with Gasteiger partial charge in [0.05, 0.1) is 75.4 Å². The van der Waals surface area contributed by atoms with Gasteiger partial charge in [0.2, 0.25) is 0 Å². The summed E-state index contributed by atoms with van der Waals surface area (Å²) in [5.41, 5.74) is 8.85. The molecular formula is C40H48N28Ni2. The van der Waals surface area contributed by atoms with Gasteiger partial charge in [-0.2, -0.15) is 21.0 Å². The van der Waals surface area contributed by atoms with Crippen LogP contribution in [0.25, 0.3) is 21.6 Å². The van der Waals surface area contributed by atoms with Crippen LogP contribution < -0.4 is 0 Å². The van der Waals surface area contributed by atoms with E-state index in [0.29, 0.717) is 0 Å². The Kier molecular flexibility index (Phi) is 60.6. The molecule has 0 aromatic carbocycles. The van der Waals surface area contributed by atoms with Crippen LogP contribution in [-0.2, 0) is 33.0 Å². The number of H-pyrrole nitrogens is 8. The van der Waals surface area contributed by atoms with Crippen LogP contribution in [0, 0.1) is 101 Å². The van der Waals surface area contributed by atoms with Crippen molar-refractivity contribution in [3.05, 3.63) is 167 Å². The van der Waals surface area contributed by atoms with Crippen LogP contribution >= 0.6 is 0 Å². The molecule has 28 nitrogen and oxygen atoms in total. The van der Waals surface area contributed by atoms with E-state index in [-0.39, 0.29) is 33.0 Å². The van der Waals surface area contributed by atoms with E-state index in [1.807, 2.05) is 55.4 Å². The fourth-order valence-electron chi connectivity index (χ4n) is 2.69. The summed E-state index contributed by atoms with van der Waals surface area (Å²) >= 11 is 0. The number of hydrogen-bond acceptors (Lipinski definition) is 16. The monoisotopic (exact) mass is 1040 g/mol. The van der Waals surface area contributed by atoms with Crippen LogP contribution in [0.5, 0.6) is 0 Å². The number of hydrogen-bond donors (Lipinski definition) is 8. The van der Waals surface area contributed by atoms with Crippen LogP contribution in [0.15, 0.2) is 120 Å². The summed E-state index contributed by atoms with van der Waals surface area (Å²) in [6.07, 6.45) is 32.6. The maximum absolute atomic E-state index is 7.43. The molecule has 0 spiro atoms. The van der Waals surface area contributed by atoms with Gasteiger partial charge in [-0.1, -0.05) is 0 Å². The number of aliphatic imine (C=N–C) groups is 4. The Bertz CT molecular complexity index is 2080. The van der Waals surface area contributed by atoms with Gasteiger partial charge in [0, 0.05) is 95.1 Å². The molecule has 8 aromatic heterocycles. The number of rotatable bonds is 0. The number of aryl methyl sites for hydroxylation is 8. The van der Waals surface area contributed by atoms with Crippen molar-refractivity contribution >= 4 is 24.0 Å². The summed E-state index contributed by atoms with van der Waals surface area (Å²) in [5, 5.41) is 59.4. The van der Waals surface area contributed by atoms with Crippen molar-refractivity contribution in [2.45, 2.75) is 55.4 Å². The van der Waals surface area contributed by atoms with Crippen molar-refractivity contribution in [2.75, 3.05) is 0 Å². The Morgan fingerprint density at radius 3 is 0.429 bits per heavy atom. The van der Waals surface area contributed by atoms with Gasteiger partial charge in [0.1, 0.15) is 0 Å². The van der Waals surface area contributed by atoms with Gasteiger partial charge in [-0.15, -0.1) is 24.0 Å². The molecule has 8 rings (SSSR count). The summed E-state index contributed by atoms with van der Waals surface area (Å²) in [7, 11) is 0. The minimum Gasteiger partial charge on any atom is -0.422 e. The molecule has 8 aromatic rings. The quantitative estimate of drug-likeness (QED) is 0.0453. The molecule has 8 heterocycles. The summed E-state index contributed by atoms with van der Waals surface area (Å²) < 4.78 is 0. The second-order valence-electron chi connectivity index (χ2n) is 11.1. The Hall–Kier alpha value is -9.85. The Labute approximate surface area is 423 Å². The molecular weight excluding hydrogens is 990 g/mol. The van der Waals surface area contributed by atoms with Gasteiger partial charge in [0.25, 0.3) is 0 Å². The van der Waals surface area contributed by atoms with Gasteiger partial charge in [-0.25, -0.2) is 39.9 Å². The largest absolute Gasteiger partial charge is 2.00 e. The maximum Gasteiger partial charge on any atom is 2.00 e. The molecule has 0 fully saturated rings. The minimum atomic E-state index is 0. The van der Waals surface area contributed by atoms with Crippen molar-refractivity contribution in [3.63, 3.8) is 0 Å².